The number of carbonyl (C=O) groups excluding carboxylic acids is 3. The topological polar surface area (TPSA) is 76.2 Å². The molecule has 0 unspecified atom stereocenters. The van der Waals surface area contributed by atoms with Crippen LogP contribution < -0.4 is 9.80 Å². The molecular weight excluding hydrogens is 415 g/mol. The molecule has 3 rings (SSSR count). The number of benzene rings is 2. The molecule has 8 heteroatoms. The molecule has 1 heterocycles. The number of amides is 2. The Bertz CT molecular complexity index is 1010. The Balaban J connectivity index is 1.95. The highest BCUT2D eigenvalue weighted by Gasteiger charge is 2.30. The lowest BCUT2D eigenvalue weighted by atomic mass is 10.1. The van der Waals surface area contributed by atoms with E-state index in [4.69, 9.17) is 9.47 Å². The van der Waals surface area contributed by atoms with Crippen molar-refractivity contribution in [2.45, 2.75) is 39.7 Å². The van der Waals surface area contributed by atoms with Crippen LogP contribution in [0.1, 0.15) is 43.6 Å². The van der Waals surface area contributed by atoms with E-state index in [1.165, 1.54) is 34.1 Å². The van der Waals surface area contributed by atoms with E-state index in [2.05, 4.69) is 0 Å². The average molecular weight is 442 g/mol. The van der Waals surface area contributed by atoms with Crippen molar-refractivity contribution in [1.82, 2.24) is 0 Å². The van der Waals surface area contributed by atoms with Gasteiger partial charge in [-0.05, 0) is 76.1 Å². The van der Waals surface area contributed by atoms with E-state index in [0.29, 0.717) is 24.3 Å². The summed E-state index contributed by atoms with van der Waals surface area (Å²) >= 11 is 0. The maximum atomic E-state index is 13.3. The predicted molar refractivity (Wildman–Crippen MR) is 118 cm³/mol. The van der Waals surface area contributed by atoms with E-state index < -0.39 is 29.4 Å². The Morgan fingerprint density at radius 1 is 1.09 bits per heavy atom. The molecule has 2 aromatic rings. The third kappa shape index (κ3) is 5.43. The van der Waals surface area contributed by atoms with E-state index in [1.807, 2.05) is 6.07 Å². The lowest BCUT2D eigenvalue weighted by Crippen LogP contribution is -2.37. The minimum atomic E-state index is -0.647. The molecule has 0 bridgehead atoms. The van der Waals surface area contributed by atoms with E-state index in [0.717, 1.165) is 5.56 Å². The summed E-state index contributed by atoms with van der Waals surface area (Å²) in [5.74, 6) is -1.53. The molecule has 0 aromatic heterocycles. The van der Waals surface area contributed by atoms with Crippen molar-refractivity contribution in [1.29, 1.82) is 0 Å². The van der Waals surface area contributed by atoms with Crippen LogP contribution in [-0.4, -0.2) is 43.3 Å². The molecule has 0 aliphatic carbocycles. The van der Waals surface area contributed by atoms with Crippen molar-refractivity contribution in [3.05, 3.63) is 59.4 Å². The summed E-state index contributed by atoms with van der Waals surface area (Å²) in [7, 11) is 0. The van der Waals surface area contributed by atoms with Gasteiger partial charge in [-0.3, -0.25) is 19.4 Å². The van der Waals surface area contributed by atoms with Gasteiger partial charge < -0.3 is 9.47 Å². The zero-order valence-electron chi connectivity index (χ0n) is 18.7. The van der Waals surface area contributed by atoms with Gasteiger partial charge in [0.25, 0.3) is 5.91 Å². The van der Waals surface area contributed by atoms with Crippen LogP contribution in [-0.2, 0) is 20.7 Å². The quantitative estimate of drug-likeness (QED) is 0.644. The molecule has 7 nitrogen and oxygen atoms in total. The fourth-order valence-corrected chi connectivity index (χ4v) is 3.41. The van der Waals surface area contributed by atoms with Crippen molar-refractivity contribution in [2.24, 2.45) is 0 Å². The van der Waals surface area contributed by atoms with Gasteiger partial charge in [0.2, 0.25) is 0 Å². The highest BCUT2D eigenvalue weighted by Crippen LogP contribution is 2.34. The number of ether oxygens (including phenoxy) is 2. The third-order valence-corrected chi connectivity index (χ3v) is 4.82. The molecule has 0 fully saturated rings. The summed E-state index contributed by atoms with van der Waals surface area (Å²) < 4.78 is 23.9. The fourth-order valence-electron chi connectivity index (χ4n) is 3.41. The van der Waals surface area contributed by atoms with E-state index in [1.54, 1.807) is 39.8 Å². The molecule has 0 spiro atoms. The number of hydrogen-bond acceptors (Lipinski definition) is 5. The van der Waals surface area contributed by atoms with Crippen LogP contribution >= 0.6 is 0 Å². The lowest BCUT2D eigenvalue weighted by Gasteiger charge is -2.26. The number of nitrogens with zero attached hydrogens (tertiary/aromatic N) is 2. The Kier molecular flexibility index (Phi) is 6.81. The number of esters is 1. The second-order valence-corrected chi connectivity index (χ2v) is 8.40. The van der Waals surface area contributed by atoms with Gasteiger partial charge in [-0.25, -0.2) is 9.18 Å². The standard InChI is InChI=1S/C24H27FN2O5/c1-5-31-21(28)15-27(22(29)17-6-9-18(25)10-7-17)19-11-8-16-12-13-26(20(16)14-19)23(30)32-24(2,3)4/h6-11,14H,5,12-13,15H2,1-4H3. The maximum absolute atomic E-state index is 13.3. The summed E-state index contributed by atoms with van der Waals surface area (Å²) in [6, 6.07) is 10.3. The number of rotatable bonds is 5. The molecule has 0 atom stereocenters. The first-order chi connectivity index (χ1) is 15.1. The largest absolute Gasteiger partial charge is 0.465 e. The number of hydrogen-bond donors (Lipinski definition) is 0. The fraction of sp³-hybridized carbons (Fsp3) is 0.375. The molecule has 2 aromatic carbocycles. The Morgan fingerprint density at radius 2 is 1.78 bits per heavy atom. The highest BCUT2D eigenvalue weighted by atomic mass is 19.1. The summed E-state index contributed by atoms with van der Waals surface area (Å²) in [5, 5.41) is 0. The predicted octanol–water partition coefficient (Wildman–Crippen LogP) is 4.33. The lowest BCUT2D eigenvalue weighted by molar-refractivity contribution is -0.141. The van der Waals surface area contributed by atoms with Gasteiger partial charge in [0.15, 0.2) is 0 Å². The second-order valence-electron chi connectivity index (χ2n) is 8.40. The minimum Gasteiger partial charge on any atom is -0.465 e. The van der Waals surface area contributed by atoms with Crippen molar-refractivity contribution < 1.29 is 28.2 Å². The van der Waals surface area contributed by atoms with Crippen molar-refractivity contribution in [2.75, 3.05) is 29.5 Å². The van der Waals surface area contributed by atoms with Crippen molar-refractivity contribution in [3.8, 4) is 0 Å². The third-order valence-electron chi connectivity index (χ3n) is 4.82. The van der Waals surface area contributed by atoms with Gasteiger partial charge in [-0.1, -0.05) is 6.07 Å². The summed E-state index contributed by atoms with van der Waals surface area (Å²) in [6.07, 6.45) is 0.175. The minimum absolute atomic E-state index is 0.175. The molecule has 170 valence electrons. The molecule has 32 heavy (non-hydrogen) atoms. The zero-order chi connectivity index (χ0) is 23.5. The molecular formula is C24H27FN2O5. The van der Waals surface area contributed by atoms with Gasteiger partial charge in [0.05, 0.1) is 12.3 Å². The van der Waals surface area contributed by atoms with Gasteiger partial charge in [-0.2, -0.15) is 0 Å². The van der Waals surface area contributed by atoms with Crippen LogP contribution in [0.25, 0.3) is 0 Å². The van der Waals surface area contributed by atoms with Crippen LogP contribution in [0.3, 0.4) is 0 Å². The maximum Gasteiger partial charge on any atom is 0.414 e. The van der Waals surface area contributed by atoms with E-state index in [9.17, 15) is 18.8 Å². The van der Waals surface area contributed by atoms with Crippen LogP contribution in [0.4, 0.5) is 20.6 Å². The summed E-state index contributed by atoms with van der Waals surface area (Å²) in [4.78, 5) is 40.9. The van der Waals surface area contributed by atoms with Gasteiger partial charge in [0.1, 0.15) is 18.0 Å². The second kappa shape index (κ2) is 9.38. The molecule has 0 saturated carbocycles. The first-order valence-corrected chi connectivity index (χ1v) is 10.5. The van der Waals surface area contributed by atoms with Crippen LogP contribution in [0, 0.1) is 5.82 Å². The zero-order valence-corrected chi connectivity index (χ0v) is 18.7. The van der Waals surface area contributed by atoms with Gasteiger partial charge in [0, 0.05) is 17.8 Å². The van der Waals surface area contributed by atoms with Crippen molar-refractivity contribution >= 4 is 29.3 Å². The van der Waals surface area contributed by atoms with Crippen LogP contribution in [0.2, 0.25) is 0 Å². The normalized spacial score (nSPS) is 12.8. The van der Waals surface area contributed by atoms with Crippen LogP contribution in [0.5, 0.6) is 0 Å². The first kappa shape index (κ1) is 23.2. The van der Waals surface area contributed by atoms with Crippen molar-refractivity contribution in [3.63, 3.8) is 0 Å². The first-order valence-electron chi connectivity index (χ1n) is 10.5. The smallest absolute Gasteiger partial charge is 0.414 e. The van der Waals surface area contributed by atoms with E-state index in [-0.39, 0.29) is 18.7 Å². The molecule has 1 aliphatic heterocycles. The van der Waals surface area contributed by atoms with E-state index >= 15 is 0 Å². The number of fused-ring (bicyclic) bond motifs is 1. The molecule has 0 N–H and O–H groups in total. The monoisotopic (exact) mass is 442 g/mol. The number of anilines is 2. The number of halogens is 1. The Labute approximate surface area is 186 Å². The average Bonchev–Trinajstić information content (AvgIpc) is 3.14. The highest BCUT2D eigenvalue weighted by molar-refractivity contribution is 6.08. The molecule has 0 saturated heterocycles. The Hall–Kier alpha value is -3.42. The Morgan fingerprint density at radius 3 is 2.41 bits per heavy atom. The van der Waals surface area contributed by atoms with Gasteiger partial charge >= 0.3 is 12.1 Å². The molecule has 1 aliphatic rings. The molecule has 0 radical (unpaired) electrons. The SMILES string of the molecule is CCOC(=O)CN(C(=O)c1ccc(F)cc1)c1ccc2c(c1)N(C(=O)OC(C)(C)C)CC2. The van der Waals surface area contributed by atoms with Gasteiger partial charge in [-0.15, -0.1) is 0 Å². The molecule has 2 amide bonds. The number of carbonyl (C=O) groups is 3. The summed E-state index contributed by atoms with van der Waals surface area (Å²) in [6.45, 7) is 7.36. The summed E-state index contributed by atoms with van der Waals surface area (Å²) in [5.41, 5.74) is 1.55. The van der Waals surface area contributed by atoms with Crippen LogP contribution in [0.15, 0.2) is 42.5 Å².